The Balaban J connectivity index is 2.61. The summed E-state index contributed by atoms with van der Waals surface area (Å²) in [7, 11) is 0. The third-order valence-corrected chi connectivity index (χ3v) is 2.56. The zero-order chi connectivity index (χ0) is 7.72. The van der Waals surface area contributed by atoms with Gasteiger partial charge in [0.15, 0.2) is 0 Å². The molecule has 0 spiro atoms. The summed E-state index contributed by atoms with van der Waals surface area (Å²) in [6.45, 7) is 1.69. The number of cyclic esters (lactones) is 1. The number of carbonyl (C=O) groups excluding carboxylic acids is 1. The van der Waals surface area contributed by atoms with Crippen LogP contribution in [-0.2, 0) is 9.53 Å². The first-order valence-corrected chi connectivity index (χ1v) is 4.60. The van der Waals surface area contributed by atoms with Gasteiger partial charge in [-0.3, -0.25) is 0 Å². The lowest BCUT2D eigenvalue weighted by Gasteiger charge is -2.08. The standard InChI is InChI=1S/C6H8FIO2/c1-3-4(2-8)10-6(9)5(3)7/h3-5H,2H2,1H3/t3-,4-,5+/m0/s1. The van der Waals surface area contributed by atoms with Gasteiger partial charge in [-0.25, -0.2) is 9.18 Å². The molecule has 0 bridgehead atoms. The second-order valence-electron chi connectivity index (χ2n) is 2.39. The van der Waals surface area contributed by atoms with E-state index >= 15 is 0 Å². The van der Waals surface area contributed by atoms with E-state index < -0.39 is 12.1 Å². The van der Waals surface area contributed by atoms with Crippen LogP contribution in [0.5, 0.6) is 0 Å². The van der Waals surface area contributed by atoms with E-state index in [2.05, 4.69) is 22.6 Å². The van der Waals surface area contributed by atoms with Crippen molar-refractivity contribution in [1.29, 1.82) is 0 Å². The Hall–Kier alpha value is 0.130. The molecular formula is C6H8FIO2. The van der Waals surface area contributed by atoms with E-state index in [4.69, 9.17) is 4.74 Å². The molecule has 0 saturated carbocycles. The number of rotatable bonds is 1. The van der Waals surface area contributed by atoms with Gasteiger partial charge in [0.1, 0.15) is 6.10 Å². The predicted molar refractivity (Wildman–Crippen MR) is 42.8 cm³/mol. The van der Waals surface area contributed by atoms with Gasteiger partial charge in [0, 0.05) is 10.3 Å². The lowest BCUT2D eigenvalue weighted by atomic mass is 10.0. The number of halogens is 2. The number of alkyl halides is 2. The highest BCUT2D eigenvalue weighted by Gasteiger charge is 2.41. The average Bonchev–Trinajstić information content (AvgIpc) is 2.17. The minimum atomic E-state index is -1.40. The second-order valence-corrected chi connectivity index (χ2v) is 3.27. The van der Waals surface area contributed by atoms with Crippen molar-refractivity contribution in [3.8, 4) is 0 Å². The largest absolute Gasteiger partial charge is 0.459 e. The summed E-state index contributed by atoms with van der Waals surface area (Å²) in [6, 6.07) is 0. The molecule has 4 heteroatoms. The van der Waals surface area contributed by atoms with E-state index in [1.54, 1.807) is 6.92 Å². The monoisotopic (exact) mass is 258 g/mol. The molecule has 58 valence electrons. The average molecular weight is 258 g/mol. The van der Waals surface area contributed by atoms with Crippen LogP contribution < -0.4 is 0 Å². The molecule has 1 saturated heterocycles. The molecule has 1 heterocycles. The quantitative estimate of drug-likeness (QED) is 0.403. The zero-order valence-electron chi connectivity index (χ0n) is 5.51. The second kappa shape index (κ2) is 3.02. The van der Waals surface area contributed by atoms with Gasteiger partial charge in [-0.15, -0.1) is 0 Å². The summed E-state index contributed by atoms with van der Waals surface area (Å²) < 4.78 is 18.1. The summed E-state index contributed by atoms with van der Waals surface area (Å²) in [5.74, 6) is -0.974. The molecule has 1 rings (SSSR count). The highest BCUT2D eigenvalue weighted by Crippen LogP contribution is 2.25. The lowest BCUT2D eigenvalue weighted by Crippen LogP contribution is -2.19. The fourth-order valence-electron chi connectivity index (χ4n) is 0.897. The summed E-state index contributed by atoms with van der Waals surface area (Å²) >= 11 is 2.08. The number of esters is 1. The zero-order valence-corrected chi connectivity index (χ0v) is 7.67. The van der Waals surface area contributed by atoms with E-state index in [9.17, 15) is 9.18 Å². The minimum absolute atomic E-state index is 0.219. The van der Waals surface area contributed by atoms with Gasteiger partial charge in [-0.2, -0.15) is 0 Å². The van der Waals surface area contributed by atoms with Crippen molar-refractivity contribution in [3.63, 3.8) is 0 Å². The summed E-state index contributed by atoms with van der Waals surface area (Å²) in [6.07, 6.45) is -1.62. The van der Waals surface area contributed by atoms with Crippen molar-refractivity contribution in [2.75, 3.05) is 4.43 Å². The first-order chi connectivity index (χ1) is 4.66. The molecule has 0 aliphatic carbocycles. The number of hydrogen-bond donors (Lipinski definition) is 0. The van der Waals surface area contributed by atoms with E-state index in [0.29, 0.717) is 4.43 Å². The van der Waals surface area contributed by atoms with Crippen LogP contribution in [0.3, 0.4) is 0 Å². The molecule has 0 amide bonds. The molecule has 0 aromatic rings. The van der Waals surface area contributed by atoms with Gasteiger partial charge < -0.3 is 4.74 Å². The molecule has 0 radical (unpaired) electrons. The van der Waals surface area contributed by atoms with Crippen molar-refractivity contribution in [1.82, 2.24) is 0 Å². The van der Waals surface area contributed by atoms with Crippen LogP contribution >= 0.6 is 22.6 Å². The fourth-order valence-corrected chi connectivity index (χ4v) is 1.88. The molecule has 1 fully saturated rings. The molecule has 3 atom stereocenters. The fraction of sp³-hybridized carbons (Fsp3) is 0.833. The topological polar surface area (TPSA) is 26.3 Å². The van der Waals surface area contributed by atoms with E-state index in [1.807, 2.05) is 0 Å². The van der Waals surface area contributed by atoms with Crippen LogP contribution in [0, 0.1) is 5.92 Å². The van der Waals surface area contributed by atoms with E-state index in [0.717, 1.165) is 0 Å². The van der Waals surface area contributed by atoms with Crippen LogP contribution in [-0.4, -0.2) is 22.7 Å². The van der Waals surface area contributed by atoms with Gasteiger partial charge in [0.25, 0.3) is 0 Å². The first-order valence-electron chi connectivity index (χ1n) is 3.07. The highest BCUT2D eigenvalue weighted by molar-refractivity contribution is 14.1. The molecule has 0 aromatic carbocycles. The molecule has 0 N–H and O–H groups in total. The Bertz CT molecular complexity index is 151. The van der Waals surface area contributed by atoms with Crippen LogP contribution in [0.1, 0.15) is 6.92 Å². The van der Waals surface area contributed by atoms with Gasteiger partial charge in [0.05, 0.1) is 0 Å². The van der Waals surface area contributed by atoms with Gasteiger partial charge in [-0.05, 0) is 0 Å². The number of hydrogen-bond acceptors (Lipinski definition) is 2. The van der Waals surface area contributed by atoms with Gasteiger partial charge in [-0.1, -0.05) is 29.5 Å². The molecule has 1 aliphatic heterocycles. The third-order valence-electron chi connectivity index (χ3n) is 1.69. The first kappa shape index (κ1) is 8.23. The number of carbonyl (C=O) groups is 1. The highest BCUT2D eigenvalue weighted by atomic mass is 127. The third kappa shape index (κ3) is 1.26. The van der Waals surface area contributed by atoms with E-state index in [-0.39, 0.29) is 12.0 Å². The Morgan fingerprint density at radius 1 is 1.80 bits per heavy atom. The number of ether oxygens (including phenoxy) is 1. The molecule has 0 unspecified atom stereocenters. The maximum absolute atomic E-state index is 12.7. The van der Waals surface area contributed by atoms with Crippen molar-refractivity contribution >= 4 is 28.6 Å². The molecule has 0 aromatic heterocycles. The lowest BCUT2D eigenvalue weighted by molar-refractivity contribution is -0.144. The van der Waals surface area contributed by atoms with Crippen LogP contribution in [0.4, 0.5) is 4.39 Å². The Morgan fingerprint density at radius 3 is 2.60 bits per heavy atom. The van der Waals surface area contributed by atoms with Crippen LogP contribution in [0.25, 0.3) is 0 Å². The molecule has 2 nitrogen and oxygen atoms in total. The Morgan fingerprint density at radius 2 is 2.40 bits per heavy atom. The van der Waals surface area contributed by atoms with Crippen molar-refractivity contribution in [3.05, 3.63) is 0 Å². The molecule has 10 heavy (non-hydrogen) atoms. The van der Waals surface area contributed by atoms with Crippen molar-refractivity contribution < 1.29 is 13.9 Å². The van der Waals surface area contributed by atoms with Gasteiger partial charge in [0.2, 0.25) is 6.17 Å². The normalized spacial score (nSPS) is 39.9. The predicted octanol–water partition coefficient (Wildman–Crippen LogP) is 1.32. The molecular weight excluding hydrogens is 250 g/mol. The maximum Gasteiger partial charge on any atom is 0.341 e. The summed E-state index contributed by atoms with van der Waals surface area (Å²) in [5.41, 5.74) is 0. The van der Waals surface area contributed by atoms with Crippen LogP contribution in [0.2, 0.25) is 0 Å². The van der Waals surface area contributed by atoms with E-state index in [1.165, 1.54) is 0 Å². The van der Waals surface area contributed by atoms with Gasteiger partial charge >= 0.3 is 5.97 Å². The van der Waals surface area contributed by atoms with Crippen LogP contribution in [0.15, 0.2) is 0 Å². The smallest absolute Gasteiger partial charge is 0.341 e. The Kier molecular flexibility index (Phi) is 2.49. The summed E-state index contributed by atoms with van der Waals surface area (Å²) in [5, 5.41) is 0. The summed E-state index contributed by atoms with van der Waals surface area (Å²) in [4.78, 5) is 10.6. The SMILES string of the molecule is C[C@H]1[C@H](CI)OC(=O)[C@@H]1F. The van der Waals surface area contributed by atoms with Crippen molar-refractivity contribution in [2.24, 2.45) is 5.92 Å². The molecule has 1 aliphatic rings. The minimum Gasteiger partial charge on any atom is -0.459 e. The maximum atomic E-state index is 12.7. The Labute approximate surface area is 72.3 Å². The van der Waals surface area contributed by atoms with Crippen molar-refractivity contribution in [2.45, 2.75) is 19.2 Å².